The molecule has 0 bridgehead atoms. The fourth-order valence-corrected chi connectivity index (χ4v) is 6.03. The van der Waals surface area contributed by atoms with Crippen LogP contribution in [0.25, 0.3) is 11.3 Å². The van der Waals surface area contributed by atoms with E-state index in [1.54, 1.807) is 23.5 Å². The van der Waals surface area contributed by atoms with Crippen LogP contribution in [0.5, 0.6) is 0 Å². The molecule has 0 unspecified atom stereocenters. The standard InChI is InChI=1S/C29H36FN5O2S/c30-23-9-11-25(12-10-23)33-29-35(16-4-15-31-28(36)32-24-5-2-1-3-6-24)27(21-38-29)22-7-13-26(14-8-22)34-17-19-37-20-18-34/h7-14,21,24H,1-6,15-20H2,(H2,31,32,36). The largest absolute Gasteiger partial charge is 0.378 e. The van der Waals surface area contributed by atoms with Crippen LogP contribution in [0, 0.1) is 5.82 Å². The summed E-state index contributed by atoms with van der Waals surface area (Å²) in [6.07, 6.45) is 6.55. The van der Waals surface area contributed by atoms with Gasteiger partial charge in [-0.2, -0.15) is 0 Å². The van der Waals surface area contributed by atoms with Gasteiger partial charge in [0, 0.05) is 43.3 Å². The Hall–Kier alpha value is -3.17. The average molecular weight is 538 g/mol. The van der Waals surface area contributed by atoms with Crippen LogP contribution in [0.3, 0.4) is 0 Å². The molecule has 0 atom stereocenters. The number of aromatic nitrogens is 1. The van der Waals surface area contributed by atoms with Crippen LogP contribution in [-0.2, 0) is 11.3 Å². The summed E-state index contributed by atoms with van der Waals surface area (Å²) >= 11 is 1.57. The number of morpholine rings is 1. The maximum absolute atomic E-state index is 13.4. The van der Waals surface area contributed by atoms with Crippen molar-refractivity contribution in [2.75, 3.05) is 37.7 Å². The Morgan fingerprint density at radius 3 is 2.50 bits per heavy atom. The van der Waals surface area contributed by atoms with Crippen molar-refractivity contribution in [3.63, 3.8) is 0 Å². The van der Waals surface area contributed by atoms with Crippen molar-refractivity contribution in [2.45, 2.75) is 51.1 Å². The Kier molecular flexibility index (Phi) is 9.09. The highest BCUT2D eigenvalue weighted by atomic mass is 32.1. The minimum Gasteiger partial charge on any atom is -0.378 e. The lowest BCUT2D eigenvalue weighted by molar-refractivity contribution is 0.122. The number of rotatable bonds is 8. The number of thiazole rings is 1. The zero-order chi connectivity index (χ0) is 26.2. The molecular weight excluding hydrogens is 501 g/mol. The number of carbonyl (C=O) groups is 1. The van der Waals surface area contributed by atoms with E-state index in [1.165, 1.54) is 37.1 Å². The molecule has 0 radical (unpaired) electrons. The lowest BCUT2D eigenvalue weighted by Gasteiger charge is -2.28. The lowest BCUT2D eigenvalue weighted by atomic mass is 9.96. The van der Waals surface area contributed by atoms with Crippen molar-refractivity contribution >= 4 is 28.7 Å². The van der Waals surface area contributed by atoms with Crippen LogP contribution in [0.1, 0.15) is 38.5 Å². The first-order valence-corrected chi connectivity index (χ1v) is 14.5. The van der Waals surface area contributed by atoms with E-state index >= 15 is 0 Å². The van der Waals surface area contributed by atoms with E-state index in [1.807, 2.05) is 0 Å². The SMILES string of the molecule is O=C(NCCCn1c(-c2ccc(N3CCOCC3)cc2)csc1=Nc1ccc(F)cc1)NC1CCCCC1. The molecule has 2 fully saturated rings. The quantitative estimate of drug-likeness (QED) is 0.376. The summed E-state index contributed by atoms with van der Waals surface area (Å²) < 4.78 is 21.1. The maximum atomic E-state index is 13.4. The third-order valence-electron chi connectivity index (χ3n) is 7.17. The molecule has 7 nitrogen and oxygen atoms in total. The molecule has 1 saturated carbocycles. The molecule has 2 heterocycles. The normalized spacial score (nSPS) is 17.0. The van der Waals surface area contributed by atoms with Crippen LogP contribution >= 0.6 is 11.3 Å². The number of hydrogen-bond acceptors (Lipinski definition) is 5. The van der Waals surface area contributed by atoms with Gasteiger partial charge >= 0.3 is 6.03 Å². The second-order valence-corrected chi connectivity index (χ2v) is 10.7. The Labute approximate surface area is 227 Å². The monoisotopic (exact) mass is 537 g/mol. The molecule has 0 spiro atoms. The van der Waals surface area contributed by atoms with Gasteiger partial charge in [-0.3, -0.25) is 0 Å². The first-order valence-electron chi connectivity index (χ1n) is 13.6. The number of hydrogen-bond donors (Lipinski definition) is 2. The summed E-state index contributed by atoms with van der Waals surface area (Å²) in [6.45, 7) is 4.60. The van der Waals surface area contributed by atoms with Gasteiger partial charge in [-0.05, 0) is 61.2 Å². The van der Waals surface area contributed by atoms with Gasteiger partial charge in [0.1, 0.15) is 5.82 Å². The third-order valence-corrected chi connectivity index (χ3v) is 8.04. The Balaban J connectivity index is 1.30. The molecule has 202 valence electrons. The number of amides is 2. The van der Waals surface area contributed by atoms with E-state index in [4.69, 9.17) is 9.73 Å². The molecule has 1 saturated heterocycles. The van der Waals surface area contributed by atoms with E-state index in [2.05, 4.69) is 49.7 Å². The molecule has 1 aliphatic carbocycles. The Morgan fingerprint density at radius 1 is 1.03 bits per heavy atom. The minimum atomic E-state index is -0.276. The molecule has 1 aliphatic heterocycles. The zero-order valence-corrected chi connectivity index (χ0v) is 22.5. The summed E-state index contributed by atoms with van der Waals surface area (Å²) in [4.78, 5) is 20.4. The summed E-state index contributed by atoms with van der Waals surface area (Å²) in [5, 5.41) is 8.26. The van der Waals surface area contributed by atoms with E-state index in [0.717, 1.165) is 61.6 Å². The molecule has 2 aromatic carbocycles. The smallest absolute Gasteiger partial charge is 0.315 e. The van der Waals surface area contributed by atoms with Crippen molar-refractivity contribution in [3.05, 3.63) is 64.5 Å². The molecule has 9 heteroatoms. The molecule has 3 aromatic rings. The lowest BCUT2D eigenvalue weighted by Crippen LogP contribution is -2.43. The van der Waals surface area contributed by atoms with Gasteiger partial charge in [0.2, 0.25) is 0 Å². The number of nitrogens with zero attached hydrogens (tertiary/aromatic N) is 3. The number of benzene rings is 2. The van der Waals surface area contributed by atoms with Crippen molar-refractivity contribution in [3.8, 4) is 11.3 Å². The van der Waals surface area contributed by atoms with Crippen molar-refractivity contribution in [1.82, 2.24) is 15.2 Å². The Bertz CT molecular complexity index is 1240. The van der Waals surface area contributed by atoms with Gasteiger partial charge in [-0.15, -0.1) is 11.3 Å². The van der Waals surface area contributed by atoms with Crippen LogP contribution in [0.4, 0.5) is 20.6 Å². The maximum Gasteiger partial charge on any atom is 0.315 e. The third kappa shape index (κ3) is 7.02. The summed E-state index contributed by atoms with van der Waals surface area (Å²) in [5.74, 6) is -0.276. The van der Waals surface area contributed by atoms with E-state index in [-0.39, 0.29) is 11.8 Å². The highest BCUT2D eigenvalue weighted by molar-refractivity contribution is 7.07. The fraction of sp³-hybridized carbons (Fsp3) is 0.448. The molecular formula is C29H36FN5O2S. The van der Waals surface area contributed by atoms with Gasteiger partial charge in [0.15, 0.2) is 4.80 Å². The number of halogens is 1. The fourth-order valence-electron chi connectivity index (χ4n) is 5.08. The second-order valence-electron chi connectivity index (χ2n) is 9.88. The van der Waals surface area contributed by atoms with Gasteiger partial charge in [-0.1, -0.05) is 31.4 Å². The number of nitrogens with one attached hydrogen (secondary N) is 2. The summed E-state index contributed by atoms with van der Waals surface area (Å²) in [5.41, 5.74) is 4.10. The van der Waals surface area contributed by atoms with E-state index < -0.39 is 0 Å². The first-order chi connectivity index (χ1) is 18.7. The first kappa shape index (κ1) is 26.4. The topological polar surface area (TPSA) is 70.9 Å². The predicted molar refractivity (Wildman–Crippen MR) is 150 cm³/mol. The summed E-state index contributed by atoms with van der Waals surface area (Å²) in [7, 11) is 0. The van der Waals surface area contributed by atoms with Crippen molar-refractivity contribution < 1.29 is 13.9 Å². The number of anilines is 1. The van der Waals surface area contributed by atoms with Gasteiger partial charge < -0.3 is 24.8 Å². The molecule has 2 aliphatic rings. The highest BCUT2D eigenvalue weighted by Crippen LogP contribution is 2.25. The van der Waals surface area contributed by atoms with E-state index in [0.29, 0.717) is 24.8 Å². The minimum absolute atomic E-state index is 0.0811. The molecule has 2 N–H and O–H groups in total. The van der Waals surface area contributed by atoms with Crippen LogP contribution in [-0.4, -0.2) is 49.5 Å². The van der Waals surface area contributed by atoms with Crippen LogP contribution < -0.4 is 20.3 Å². The Morgan fingerprint density at radius 2 is 1.76 bits per heavy atom. The summed E-state index contributed by atoms with van der Waals surface area (Å²) in [6, 6.07) is 15.1. The van der Waals surface area contributed by atoms with Crippen molar-refractivity contribution in [1.29, 1.82) is 0 Å². The number of carbonyl (C=O) groups excluding carboxylic acids is 1. The molecule has 1 aromatic heterocycles. The van der Waals surface area contributed by atoms with E-state index in [9.17, 15) is 9.18 Å². The molecule has 38 heavy (non-hydrogen) atoms. The van der Waals surface area contributed by atoms with Gasteiger partial charge in [0.25, 0.3) is 0 Å². The highest BCUT2D eigenvalue weighted by Gasteiger charge is 2.16. The zero-order valence-electron chi connectivity index (χ0n) is 21.7. The van der Waals surface area contributed by atoms with Crippen LogP contribution in [0.2, 0.25) is 0 Å². The van der Waals surface area contributed by atoms with Crippen LogP contribution in [0.15, 0.2) is 58.9 Å². The molecule has 5 rings (SSSR count). The average Bonchev–Trinajstić information content (AvgIpc) is 3.35. The molecule has 2 amide bonds. The second kappa shape index (κ2) is 13.1. The predicted octanol–water partition coefficient (Wildman–Crippen LogP) is 5.45. The van der Waals surface area contributed by atoms with Crippen molar-refractivity contribution in [2.24, 2.45) is 4.99 Å². The number of urea groups is 1. The number of ether oxygens (including phenoxy) is 1. The van der Waals surface area contributed by atoms with Gasteiger partial charge in [0.05, 0.1) is 24.6 Å². The van der Waals surface area contributed by atoms with Gasteiger partial charge in [-0.25, -0.2) is 14.2 Å².